The van der Waals surface area contributed by atoms with Gasteiger partial charge in [0.1, 0.15) is 0 Å². The first kappa shape index (κ1) is 18.8. The number of fused-ring (bicyclic) bond motifs is 3. The molecule has 6 rings (SSSR count). The highest BCUT2D eigenvalue weighted by molar-refractivity contribution is 5.87. The molecule has 1 N–H and O–H groups in total. The molecule has 158 valence electrons. The summed E-state index contributed by atoms with van der Waals surface area (Å²) in [7, 11) is 0. The molecule has 1 heterocycles. The second-order valence-corrected chi connectivity index (χ2v) is 9.73. The highest BCUT2D eigenvalue weighted by Gasteiger charge is 2.49. The smallest absolute Gasteiger partial charge is 0.273 e. The number of amides is 1. The zero-order valence-corrected chi connectivity index (χ0v) is 17.6. The van der Waals surface area contributed by atoms with E-state index in [0.29, 0.717) is 23.6 Å². The van der Waals surface area contributed by atoms with Crippen LogP contribution in [0.25, 0.3) is 10.8 Å². The summed E-state index contributed by atoms with van der Waals surface area (Å²) >= 11 is 0. The average molecular weight is 414 g/mol. The molecule has 3 saturated carbocycles. The van der Waals surface area contributed by atoms with Crippen LogP contribution in [0.1, 0.15) is 56.2 Å². The van der Waals surface area contributed by atoms with E-state index in [9.17, 15) is 9.59 Å². The molecule has 0 spiro atoms. The average Bonchev–Trinajstić information content (AvgIpc) is 3.34. The lowest BCUT2D eigenvalue weighted by molar-refractivity contribution is -0.118. The molecule has 1 aromatic heterocycles. The van der Waals surface area contributed by atoms with E-state index >= 15 is 0 Å². The molecule has 3 aromatic rings. The minimum Gasteiger partial charge on any atom is -0.273 e. The van der Waals surface area contributed by atoms with E-state index in [1.54, 1.807) is 0 Å². The SMILES string of the molecule is O=C(CC1CC2CCC1C2)Nn1nc(C2(c3ccccc3)CC2)c2ccccc2c1=O. The first-order valence-electron chi connectivity index (χ1n) is 11.5. The van der Waals surface area contributed by atoms with Crippen molar-refractivity contribution >= 4 is 16.7 Å². The largest absolute Gasteiger partial charge is 0.294 e. The maximum Gasteiger partial charge on any atom is 0.294 e. The van der Waals surface area contributed by atoms with Crippen molar-refractivity contribution in [3.63, 3.8) is 0 Å². The molecular weight excluding hydrogens is 386 g/mol. The molecule has 1 amide bonds. The number of hydrogen-bond acceptors (Lipinski definition) is 3. The maximum absolute atomic E-state index is 13.2. The highest BCUT2D eigenvalue weighted by Crippen LogP contribution is 2.54. The van der Waals surface area contributed by atoms with Gasteiger partial charge >= 0.3 is 0 Å². The number of rotatable bonds is 5. The molecule has 3 aliphatic rings. The fraction of sp³-hybridized carbons (Fsp3) is 0.423. The predicted molar refractivity (Wildman–Crippen MR) is 120 cm³/mol. The Hall–Kier alpha value is -2.95. The third kappa shape index (κ3) is 3.10. The Morgan fingerprint density at radius 3 is 2.42 bits per heavy atom. The maximum atomic E-state index is 13.2. The van der Waals surface area contributed by atoms with E-state index < -0.39 is 0 Å². The van der Waals surface area contributed by atoms with Crippen LogP contribution in [0.15, 0.2) is 59.4 Å². The van der Waals surface area contributed by atoms with E-state index in [-0.39, 0.29) is 16.9 Å². The van der Waals surface area contributed by atoms with Gasteiger partial charge in [0.15, 0.2) is 0 Å². The van der Waals surface area contributed by atoms with Crippen LogP contribution >= 0.6 is 0 Å². The van der Waals surface area contributed by atoms with E-state index in [0.717, 1.165) is 36.3 Å². The van der Waals surface area contributed by atoms with Gasteiger partial charge in [0.05, 0.1) is 11.1 Å². The van der Waals surface area contributed by atoms with E-state index in [4.69, 9.17) is 5.10 Å². The third-order valence-electron chi connectivity index (χ3n) is 7.90. The molecule has 3 fully saturated rings. The van der Waals surface area contributed by atoms with Crippen molar-refractivity contribution in [1.29, 1.82) is 0 Å². The molecule has 5 nitrogen and oxygen atoms in total. The van der Waals surface area contributed by atoms with Gasteiger partial charge in [-0.25, -0.2) is 5.43 Å². The fourth-order valence-electron chi connectivity index (χ4n) is 6.19. The Bertz CT molecular complexity index is 1210. The Morgan fingerprint density at radius 1 is 1.00 bits per heavy atom. The predicted octanol–water partition coefficient (Wildman–Crippen LogP) is 4.37. The summed E-state index contributed by atoms with van der Waals surface area (Å²) in [6.45, 7) is 0. The molecule has 0 saturated heterocycles. The van der Waals surface area contributed by atoms with Crippen molar-refractivity contribution in [1.82, 2.24) is 9.89 Å². The monoisotopic (exact) mass is 413 g/mol. The normalized spacial score (nSPS) is 25.6. The third-order valence-corrected chi connectivity index (χ3v) is 7.90. The zero-order valence-electron chi connectivity index (χ0n) is 17.6. The lowest BCUT2D eigenvalue weighted by Gasteiger charge is -2.22. The molecule has 5 heteroatoms. The van der Waals surface area contributed by atoms with Gasteiger partial charge in [-0.1, -0.05) is 55.0 Å². The van der Waals surface area contributed by atoms with Crippen LogP contribution in [0.2, 0.25) is 0 Å². The molecule has 3 aliphatic carbocycles. The van der Waals surface area contributed by atoms with Crippen LogP contribution in [0, 0.1) is 17.8 Å². The van der Waals surface area contributed by atoms with Crippen LogP contribution < -0.4 is 11.0 Å². The van der Waals surface area contributed by atoms with Crippen LogP contribution in [-0.2, 0) is 10.2 Å². The zero-order chi connectivity index (χ0) is 21.0. The molecule has 0 radical (unpaired) electrons. The molecule has 0 aliphatic heterocycles. The van der Waals surface area contributed by atoms with Crippen LogP contribution in [0.3, 0.4) is 0 Å². The Labute approximate surface area is 181 Å². The van der Waals surface area contributed by atoms with E-state index in [1.165, 1.54) is 29.6 Å². The summed E-state index contributed by atoms with van der Waals surface area (Å²) < 4.78 is 0. The first-order chi connectivity index (χ1) is 15.1. The molecule has 3 unspecified atom stereocenters. The molecule has 3 atom stereocenters. The van der Waals surface area contributed by atoms with Crippen molar-refractivity contribution in [2.75, 3.05) is 5.43 Å². The number of hydrogen-bond donors (Lipinski definition) is 1. The highest BCUT2D eigenvalue weighted by atomic mass is 16.2. The summed E-state index contributed by atoms with van der Waals surface area (Å²) in [6, 6.07) is 18.0. The number of aromatic nitrogens is 2. The molecule has 2 bridgehead atoms. The summed E-state index contributed by atoms with van der Waals surface area (Å²) in [5, 5.41) is 6.23. The number of nitrogens with one attached hydrogen (secondary N) is 1. The Balaban J connectivity index is 1.37. The van der Waals surface area contributed by atoms with Gasteiger partial charge in [-0.15, -0.1) is 4.79 Å². The van der Waals surface area contributed by atoms with Crippen molar-refractivity contribution in [3.05, 3.63) is 76.2 Å². The minimum atomic E-state index is -0.260. The topological polar surface area (TPSA) is 64.0 Å². The van der Waals surface area contributed by atoms with E-state index in [2.05, 4.69) is 17.6 Å². The number of carbonyl (C=O) groups excluding carboxylic acids is 1. The van der Waals surface area contributed by atoms with Gasteiger partial charge in [-0.2, -0.15) is 5.10 Å². The Morgan fingerprint density at radius 2 is 1.74 bits per heavy atom. The first-order valence-corrected chi connectivity index (χ1v) is 11.5. The Kier molecular flexibility index (Phi) is 4.27. The fourth-order valence-corrected chi connectivity index (χ4v) is 6.19. The van der Waals surface area contributed by atoms with Crippen LogP contribution in [0.4, 0.5) is 0 Å². The van der Waals surface area contributed by atoms with Gasteiger partial charge in [0.2, 0.25) is 5.91 Å². The van der Waals surface area contributed by atoms with Crippen molar-refractivity contribution in [2.45, 2.75) is 50.4 Å². The minimum absolute atomic E-state index is 0.0991. The van der Waals surface area contributed by atoms with Gasteiger partial charge in [0.25, 0.3) is 5.56 Å². The van der Waals surface area contributed by atoms with Crippen molar-refractivity contribution in [2.24, 2.45) is 17.8 Å². The van der Waals surface area contributed by atoms with Crippen molar-refractivity contribution in [3.8, 4) is 0 Å². The summed E-state index contributed by atoms with van der Waals surface area (Å²) in [4.78, 5) is 27.2. The van der Waals surface area contributed by atoms with Crippen molar-refractivity contribution < 1.29 is 4.79 Å². The second-order valence-electron chi connectivity index (χ2n) is 9.73. The molecule has 2 aromatic carbocycles. The lowest BCUT2D eigenvalue weighted by atomic mass is 9.86. The van der Waals surface area contributed by atoms with E-state index in [1.807, 2.05) is 42.5 Å². The van der Waals surface area contributed by atoms with Gasteiger partial charge in [0, 0.05) is 17.2 Å². The van der Waals surface area contributed by atoms with Gasteiger partial charge in [-0.05, 0) is 61.5 Å². The molecular formula is C26H27N3O2. The standard InChI is InChI=1S/C26H27N3O2/c30-23(16-19-15-17-10-11-18(19)14-17)27-29-25(31)22-9-5-4-8-21(22)24(28-29)26(12-13-26)20-6-2-1-3-7-20/h1-9,17-19H,10-16H2,(H,27,30). The van der Waals surface area contributed by atoms with Crippen LogP contribution in [-0.4, -0.2) is 15.8 Å². The van der Waals surface area contributed by atoms with Gasteiger partial charge < -0.3 is 0 Å². The number of benzene rings is 2. The lowest BCUT2D eigenvalue weighted by Crippen LogP contribution is -2.38. The molecule has 31 heavy (non-hydrogen) atoms. The summed E-state index contributed by atoms with van der Waals surface area (Å²) in [6.07, 6.45) is 7.47. The summed E-state index contributed by atoms with van der Waals surface area (Å²) in [5.41, 5.74) is 4.48. The number of carbonyl (C=O) groups is 1. The second kappa shape index (κ2) is 7.04. The van der Waals surface area contributed by atoms with Gasteiger partial charge in [-0.3, -0.25) is 9.59 Å². The quantitative estimate of drug-likeness (QED) is 0.675. The number of nitrogens with zero attached hydrogens (tertiary/aromatic N) is 2. The summed E-state index contributed by atoms with van der Waals surface area (Å²) in [5.74, 6) is 1.84. The van der Waals surface area contributed by atoms with Crippen LogP contribution in [0.5, 0.6) is 0 Å².